The molecule has 9 nitrogen and oxygen atoms in total. The van der Waals surface area contributed by atoms with Crippen LogP contribution in [0.15, 0.2) is 29.4 Å². The van der Waals surface area contributed by atoms with E-state index in [9.17, 15) is 24.0 Å². The van der Waals surface area contributed by atoms with Gasteiger partial charge in [-0.15, -0.1) is 0 Å². The number of hydrogen-bond donors (Lipinski definition) is 1. The Bertz CT molecular complexity index is 1270. The first-order valence-corrected chi connectivity index (χ1v) is 16.8. The van der Waals surface area contributed by atoms with E-state index in [-0.39, 0.29) is 49.3 Å². The van der Waals surface area contributed by atoms with Crippen LogP contribution >= 0.6 is 23.4 Å². The molecule has 2 aliphatic heterocycles. The maximum absolute atomic E-state index is 14.0. The normalized spacial score (nSPS) is 22.6. The highest BCUT2D eigenvalue weighted by Crippen LogP contribution is 2.40. The van der Waals surface area contributed by atoms with Crippen molar-refractivity contribution in [2.24, 2.45) is 17.0 Å². The largest absolute Gasteiger partial charge is 0.387 e. The summed E-state index contributed by atoms with van der Waals surface area (Å²) in [5, 5.41) is 7.67. The standard InChI is InChI=1S/C32H42ClN3O6S/c1-4-7-23(30(40)29(39)14-21-10-11-21)16-28(38)27-18-32(17-26(35-42-32)22-8-6-9-24(33)15-22)19-36(27)31(41)25(34-20(3)37)12-13-43-5-2/h6,8-9,15,21,23,25,27H,4-5,7,10-14,16-19H2,1-3H3,(H,34,37)/t23-,25+,27+,32?/m1/s1. The predicted molar refractivity (Wildman–Crippen MR) is 167 cm³/mol. The Morgan fingerprint density at radius 3 is 2.60 bits per heavy atom. The Balaban J connectivity index is 1.57. The summed E-state index contributed by atoms with van der Waals surface area (Å²) in [5.41, 5.74) is 0.538. The number of amides is 2. The van der Waals surface area contributed by atoms with Crippen molar-refractivity contribution in [2.75, 3.05) is 18.1 Å². The van der Waals surface area contributed by atoms with Crippen molar-refractivity contribution in [3.05, 3.63) is 34.9 Å². The van der Waals surface area contributed by atoms with Crippen LogP contribution in [0.3, 0.4) is 0 Å². The molecule has 1 saturated heterocycles. The fourth-order valence-electron chi connectivity index (χ4n) is 6.02. The third kappa shape index (κ3) is 8.69. The summed E-state index contributed by atoms with van der Waals surface area (Å²) in [7, 11) is 0. The van der Waals surface area contributed by atoms with Crippen LogP contribution in [0.1, 0.15) is 84.1 Å². The van der Waals surface area contributed by atoms with Gasteiger partial charge in [-0.05, 0) is 55.2 Å². The zero-order valence-corrected chi connectivity index (χ0v) is 26.8. The second-order valence-corrected chi connectivity index (χ2v) is 13.8. The summed E-state index contributed by atoms with van der Waals surface area (Å²) in [4.78, 5) is 73.4. The van der Waals surface area contributed by atoms with Crippen molar-refractivity contribution < 1.29 is 28.8 Å². The van der Waals surface area contributed by atoms with Gasteiger partial charge in [-0.25, -0.2) is 0 Å². The van der Waals surface area contributed by atoms with Gasteiger partial charge in [-0.2, -0.15) is 11.8 Å². The van der Waals surface area contributed by atoms with Gasteiger partial charge in [0, 0.05) is 49.1 Å². The van der Waals surface area contributed by atoms with E-state index >= 15 is 0 Å². The molecule has 0 aromatic heterocycles. The second kappa shape index (κ2) is 14.8. The molecule has 1 aliphatic carbocycles. The molecule has 1 aromatic rings. The molecule has 2 amide bonds. The van der Waals surface area contributed by atoms with Gasteiger partial charge in [-0.3, -0.25) is 24.0 Å². The number of nitrogens with one attached hydrogen (secondary N) is 1. The van der Waals surface area contributed by atoms with Crippen molar-refractivity contribution in [2.45, 2.75) is 96.2 Å². The van der Waals surface area contributed by atoms with E-state index in [1.807, 2.05) is 26.0 Å². The first-order valence-electron chi connectivity index (χ1n) is 15.3. The number of benzene rings is 1. The van der Waals surface area contributed by atoms with Crippen LogP contribution < -0.4 is 5.32 Å². The van der Waals surface area contributed by atoms with Crippen LogP contribution in [0.25, 0.3) is 0 Å². The summed E-state index contributed by atoms with van der Waals surface area (Å²) in [6.45, 7) is 5.42. The first kappa shape index (κ1) is 33.2. The van der Waals surface area contributed by atoms with Gasteiger partial charge < -0.3 is 15.1 Å². The molecule has 1 saturated carbocycles. The molecule has 1 aromatic carbocycles. The van der Waals surface area contributed by atoms with Crippen LogP contribution in [0.4, 0.5) is 0 Å². The average Bonchev–Trinajstić information content (AvgIpc) is 3.56. The van der Waals surface area contributed by atoms with Crippen molar-refractivity contribution in [3.63, 3.8) is 0 Å². The highest BCUT2D eigenvalue weighted by Gasteiger charge is 2.54. The molecule has 43 heavy (non-hydrogen) atoms. The Hall–Kier alpha value is -2.72. The van der Waals surface area contributed by atoms with E-state index in [0.29, 0.717) is 42.2 Å². The molecule has 1 unspecified atom stereocenters. The van der Waals surface area contributed by atoms with Gasteiger partial charge in [0.05, 0.1) is 18.3 Å². The number of Topliss-reactive ketones (excluding diaryl/α,β-unsaturated/α-hetero) is 3. The topological polar surface area (TPSA) is 122 Å². The highest BCUT2D eigenvalue weighted by molar-refractivity contribution is 7.99. The summed E-state index contributed by atoms with van der Waals surface area (Å²) in [6.07, 6.45) is 4.11. The van der Waals surface area contributed by atoms with Crippen LogP contribution in [-0.4, -0.2) is 75.5 Å². The lowest BCUT2D eigenvalue weighted by Crippen LogP contribution is -2.52. The van der Waals surface area contributed by atoms with E-state index in [1.165, 1.54) is 11.8 Å². The number of oxime groups is 1. The zero-order chi connectivity index (χ0) is 31.1. The Kier molecular flexibility index (Phi) is 11.5. The minimum absolute atomic E-state index is 0.111. The average molecular weight is 632 g/mol. The molecule has 0 bridgehead atoms. The number of hydrogen-bond acceptors (Lipinski definition) is 8. The van der Waals surface area contributed by atoms with E-state index in [1.54, 1.807) is 23.9 Å². The molecule has 2 fully saturated rings. The summed E-state index contributed by atoms with van der Waals surface area (Å²) in [6, 6.07) is 5.59. The molecular formula is C32H42ClN3O6S. The number of halogens is 1. The summed E-state index contributed by atoms with van der Waals surface area (Å²) >= 11 is 7.87. The Labute approximate surface area is 262 Å². The fourth-order valence-corrected chi connectivity index (χ4v) is 6.90. The zero-order valence-electron chi connectivity index (χ0n) is 25.2. The number of ketones is 3. The first-order chi connectivity index (χ1) is 20.6. The smallest absolute Gasteiger partial charge is 0.245 e. The van der Waals surface area contributed by atoms with E-state index in [2.05, 4.69) is 10.5 Å². The van der Waals surface area contributed by atoms with Gasteiger partial charge in [0.25, 0.3) is 0 Å². The molecule has 11 heteroatoms. The second-order valence-electron chi connectivity index (χ2n) is 12.0. The van der Waals surface area contributed by atoms with Crippen LogP contribution in [0, 0.1) is 11.8 Å². The van der Waals surface area contributed by atoms with Crippen molar-refractivity contribution in [1.82, 2.24) is 10.2 Å². The molecule has 4 rings (SSSR count). The quantitative estimate of drug-likeness (QED) is 0.206. The lowest BCUT2D eigenvalue weighted by atomic mass is 9.85. The molecule has 2 heterocycles. The highest BCUT2D eigenvalue weighted by atomic mass is 35.5. The van der Waals surface area contributed by atoms with Crippen molar-refractivity contribution >= 4 is 58.2 Å². The third-order valence-corrected chi connectivity index (χ3v) is 9.55. The monoisotopic (exact) mass is 631 g/mol. The SMILES string of the molecule is CCC[C@H](CC(=O)[C@@H]1CC2(CC(c3cccc(Cl)c3)=NO2)CN1C(=O)[C@H](CCSCC)NC(C)=O)C(=O)C(=O)CC1CC1. The lowest BCUT2D eigenvalue weighted by molar-refractivity contribution is -0.143. The summed E-state index contributed by atoms with van der Waals surface area (Å²) < 4.78 is 0. The molecule has 3 aliphatic rings. The number of carbonyl (C=O) groups is 5. The summed E-state index contributed by atoms with van der Waals surface area (Å²) in [5.74, 6) is -0.743. The Morgan fingerprint density at radius 2 is 1.95 bits per heavy atom. The molecule has 1 N–H and O–H groups in total. The maximum Gasteiger partial charge on any atom is 0.245 e. The van der Waals surface area contributed by atoms with Crippen LogP contribution in [0.5, 0.6) is 0 Å². The lowest BCUT2D eigenvalue weighted by Gasteiger charge is -2.29. The van der Waals surface area contributed by atoms with Gasteiger partial charge in [0.1, 0.15) is 6.04 Å². The number of nitrogens with zero attached hydrogens (tertiary/aromatic N) is 2. The van der Waals surface area contributed by atoms with Crippen molar-refractivity contribution in [3.8, 4) is 0 Å². The molecule has 0 radical (unpaired) electrons. The van der Waals surface area contributed by atoms with Gasteiger partial charge >= 0.3 is 0 Å². The van der Waals surface area contributed by atoms with Gasteiger partial charge in [-0.1, -0.05) is 49.2 Å². The number of thioether (sulfide) groups is 1. The van der Waals surface area contributed by atoms with E-state index in [4.69, 9.17) is 16.4 Å². The molecule has 4 atom stereocenters. The van der Waals surface area contributed by atoms with Crippen LogP contribution in [-0.2, 0) is 28.8 Å². The Morgan fingerprint density at radius 1 is 1.19 bits per heavy atom. The van der Waals surface area contributed by atoms with Gasteiger partial charge in [0.2, 0.25) is 17.6 Å². The molecular weight excluding hydrogens is 590 g/mol. The van der Waals surface area contributed by atoms with Crippen LogP contribution in [0.2, 0.25) is 5.02 Å². The molecule has 1 spiro atoms. The third-order valence-electron chi connectivity index (χ3n) is 8.38. The van der Waals surface area contributed by atoms with E-state index < -0.39 is 35.2 Å². The number of carbonyl (C=O) groups excluding carboxylic acids is 5. The number of rotatable bonds is 16. The van der Waals surface area contributed by atoms with Crippen molar-refractivity contribution in [1.29, 1.82) is 0 Å². The maximum atomic E-state index is 14.0. The van der Waals surface area contributed by atoms with E-state index in [0.717, 1.165) is 24.2 Å². The fraction of sp³-hybridized carbons (Fsp3) is 0.625. The minimum Gasteiger partial charge on any atom is -0.387 e. The minimum atomic E-state index is -0.932. The van der Waals surface area contributed by atoms with Gasteiger partial charge in [0.15, 0.2) is 17.2 Å². The predicted octanol–water partition coefficient (Wildman–Crippen LogP) is 4.77. The molecule has 234 valence electrons. The number of likely N-dealkylation sites (tertiary alicyclic amines) is 1.